The van der Waals surface area contributed by atoms with Gasteiger partial charge in [-0.15, -0.1) is 0 Å². The molecule has 38 heteroatoms. The van der Waals surface area contributed by atoms with Crippen LogP contribution < -0.4 is 0 Å². The molecule has 0 amide bonds. The van der Waals surface area contributed by atoms with E-state index in [-0.39, 0.29) is 45.9 Å². The fourth-order valence-corrected chi connectivity index (χ4v) is 18.3. The third kappa shape index (κ3) is 21.3. The molecule has 0 radical (unpaired) electrons. The van der Waals surface area contributed by atoms with Crippen LogP contribution in [0.5, 0.6) is 0 Å². The molecule has 0 saturated carbocycles. The van der Waals surface area contributed by atoms with Gasteiger partial charge in [0.2, 0.25) is 0 Å². The zero-order valence-electron chi connectivity index (χ0n) is 71.2. The van der Waals surface area contributed by atoms with Crippen LogP contribution >= 0.6 is 0 Å². The highest BCUT2D eigenvalue weighted by Gasteiger charge is 2.62. The number of aliphatic hydroxyl groups excluding tert-OH is 14. The summed E-state index contributed by atoms with van der Waals surface area (Å²) in [5, 5.41) is 171. The van der Waals surface area contributed by atoms with Crippen LogP contribution in [0.2, 0.25) is 90.7 Å². The average Bonchev–Trinajstić information content (AvgIpc) is 0.773. The number of hydrogen-bond acceptors (Lipinski definition) is 33. The average molecular weight is 1700 g/mol. The Morgan fingerprint density at radius 2 is 0.312 bits per heavy atom. The Morgan fingerprint density at radius 1 is 0.196 bits per heavy atom. The molecule has 112 heavy (non-hydrogen) atoms. The zero-order valence-corrected chi connectivity index (χ0v) is 76.2. The second-order valence-electron chi connectivity index (χ2n) is 39.5. The highest BCUT2D eigenvalue weighted by molar-refractivity contribution is 6.75. The van der Waals surface area contributed by atoms with Crippen molar-refractivity contribution >= 4 is 41.6 Å². The van der Waals surface area contributed by atoms with E-state index >= 15 is 0 Å². The van der Waals surface area contributed by atoms with Gasteiger partial charge in [0.05, 0.1) is 45.2 Å². The lowest BCUT2D eigenvalue weighted by Gasteiger charge is -2.51. The number of ether oxygens (including phenoxy) is 14. The molecule has 0 spiro atoms. The summed E-state index contributed by atoms with van der Waals surface area (Å²) in [6, 6.07) is 0. The minimum absolute atomic E-state index is 0.0295. The summed E-state index contributed by atoms with van der Waals surface area (Å²) >= 11 is 0. The van der Waals surface area contributed by atoms with Crippen molar-refractivity contribution < 1.29 is 160 Å². The van der Waals surface area contributed by atoms with Gasteiger partial charge in [-0.05, 0) is 104 Å². The van der Waals surface area contributed by atoms with Crippen LogP contribution in [0.4, 0.5) is 0 Å². The van der Waals surface area contributed by atoms with Crippen LogP contribution in [-0.4, -0.2) is 361 Å². The second-order valence-corrected chi connectivity index (χ2v) is 63.6. The van der Waals surface area contributed by atoms with E-state index < -0.39 is 282 Å². The fourth-order valence-electron chi connectivity index (χ4n) is 13.2. The van der Waals surface area contributed by atoms with Crippen LogP contribution in [-0.2, 0) is 88.4 Å². The van der Waals surface area contributed by atoms with Crippen LogP contribution in [0.1, 0.15) is 131 Å². The molecule has 35 unspecified atom stereocenters. The van der Waals surface area contributed by atoms with Crippen LogP contribution in [0.15, 0.2) is 0 Å². The van der Waals surface area contributed by atoms with E-state index in [9.17, 15) is 71.5 Å². The maximum Gasteiger partial charge on any atom is 0.192 e. The van der Waals surface area contributed by atoms with Gasteiger partial charge < -0.3 is 160 Å². The van der Waals surface area contributed by atoms with Gasteiger partial charge in [-0.2, -0.15) is 0 Å². The Balaban J connectivity index is 1.24. The van der Waals surface area contributed by atoms with Crippen molar-refractivity contribution in [3.05, 3.63) is 0 Å². The Labute approximate surface area is 667 Å². The largest absolute Gasteiger partial charge is 0.414 e. The maximum absolute atomic E-state index is 12.6. The van der Waals surface area contributed by atoms with Gasteiger partial charge in [-0.1, -0.05) is 118 Å². The fraction of sp³-hybridized carbons (Fsp3) is 1.00. The molecule has 21 aliphatic rings. The predicted octanol–water partition coefficient (Wildman–Crippen LogP) is 2.75. The first-order chi connectivity index (χ1) is 51.1. The topological polar surface area (TPSA) is 459 Å². The van der Waals surface area contributed by atoms with E-state index in [4.69, 9.17) is 88.4 Å². The van der Waals surface area contributed by atoms with Crippen LogP contribution in [0.25, 0.3) is 0 Å². The minimum Gasteiger partial charge on any atom is -0.414 e. The van der Waals surface area contributed by atoms with E-state index in [1.807, 2.05) is 169 Å². The summed E-state index contributed by atoms with van der Waals surface area (Å²) in [5.41, 5.74) is 0. The van der Waals surface area contributed by atoms with Crippen molar-refractivity contribution in [2.24, 2.45) is 0 Å². The molecule has 14 bridgehead atoms. The molecule has 35 atom stereocenters. The first-order valence-corrected chi connectivity index (χ1v) is 54.6. The maximum atomic E-state index is 12.6. The first-order valence-electron chi connectivity index (χ1n) is 40.0. The van der Waals surface area contributed by atoms with Crippen molar-refractivity contribution in [2.45, 2.75) is 436 Å². The van der Waals surface area contributed by atoms with Gasteiger partial charge >= 0.3 is 0 Å². The van der Waals surface area contributed by atoms with E-state index in [1.165, 1.54) is 0 Å². The van der Waals surface area contributed by atoms with Crippen molar-refractivity contribution in [2.75, 3.05) is 33.0 Å². The third-order valence-corrected chi connectivity index (χ3v) is 48.9. The summed E-state index contributed by atoms with van der Waals surface area (Å²) in [6.07, 6.45) is -62.2. The Morgan fingerprint density at radius 3 is 0.429 bits per heavy atom. The Hall–Kier alpha value is -0.236. The molecular formula is C74H144O33Si5. The summed E-state index contributed by atoms with van der Waals surface area (Å²) in [6.45, 7) is 51.3. The van der Waals surface area contributed by atoms with Gasteiger partial charge in [0.15, 0.2) is 85.6 Å². The van der Waals surface area contributed by atoms with E-state index in [0.29, 0.717) is 0 Å². The summed E-state index contributed by atoms with van der Waals surface area (Å²) in [4.78, 5) is 0. The lowest BCUT2D eigenvalue weighted by atomic mass is 9.94. The van der Waals surface area contributed by atoms with Gasteiger partial charge in [0.1, 0.15) is 159 Å². The lowest BCUT2D eigenvalue weighted by molar-refractivity contribution is -0.395. The van der Waals surface area contributed by atoms with Crippen LogP contribution in [0, 0.1) is 0 Å². The monoisotopic (exact) mass is 1700 g/mol. The summed E-state index contributed by atoms with van der Waals surface area (Å²) in [5.74, 6) is 0. The standard InChI is InChI=1S/C74H144O33Si5/c1-28-35-56-43(76)50(83)64(95-35)104-59-38(31-90-109(20,21)71(6,7)8)99-68(54(87)47(59)80)107-62-41(34-93-112(26,27)74(15,16)17)100-69(55(88)48(62)81)106-61-40(33-92-111(24,25)73(12,13)14)97-66(52(85)45(61)78)102-57-36(29-2)94-63(49(82)42(57)75)103-58-37(30-89-108(18,19)70(3,4)5)98-67(53(86)46(58)79)105-60-39(32-91-110(22,23)72(9,10)11)96-65(101-56)51(84)44(60)77/h35-69,75-88H,28-34H2,1-27H3. The molecule has 14 N–H and O–H groups in total. The molecule has 0 aromatic rings. The van der Waals surface area contributed by atoms with Gasteiger partial charge in [0.25, 0.3) is 0 Å². The molecule has 21 saturated heterocycles. The number of hydrogen-bond donors (Lipinski definition) is 14. The molecule has 33 nitrogen and oxygen atoms in total. The number of rotatable bonds is 17. The molecule has 658 valence electrons. The third-order valence-electron chi connectivity index (χ3n) is 26.4. The normalized spacial score (nSPS) is 43.4. The molecule has 0 aromatic carbocycles. The summed E-state index contributed by atoms with van der Waals surface area (Å²) in [7, 11) is -13.7. The van der Waals surface area contributed by atoms with Gasteiger partial charge in [-0.25, -0.2) is 0 Å². The lowest BCUT2D eigenvalue weighted by Crippen LogP contribution is -2.68. The molecule has 21 rings (SSSR count). The van der Waals surface area contributed by atoms with Crippen molar-refractivity contribution in [1.82, 2.24) is 0 Å². The predicted molar refractivity (Wildman–Crippen MR) is 415 cm³/mol. The highest BCUT2D eigenvalue weighted by atomic mass is 28.4. The van der Waals surface area contributed by atoms with E-state index in [0.717, 1.165) is 0 Å². The highest BCUT2D eigenvalue weighted by Crippen LogP contribution is 2.46. The van der Waals surface area contributed by atoms with E-state index in [2.05, 4.69) is 0 Å². The molecule has 0 aromatic heterocycles. The van der Waals surface area contributed by atoms with E-state index in [1.54, 1.807) is 13.8 Å². The van der Waals surface area contributed by atoms with Gasteiger partial charge in [-0.3, -0.25) is 0 Å². The Kier molecular flexibility index (Phi) is 31.8. The minimum atomic E-state index is -2.76. The van der Waals surface area contributed by atoms with Crippen LogP contribution in [0.3, 0.4) is 0 Å². The zero-order chi connectivity index (χ0) is 84.6. The summed E-state index contributed by atoms with van der Waals surface area (Å²) < 4.78 is 125. The smallest absolute Gasteiger partial charge is 0.192 e. The van der Waals surface area contributed by atoms with Crippen molar-refractivity contribution in [3.8, 4) is 0 Å². The first kappa shape index (κ1) is 97.2. The molecular weight excluding hydrogens is 1560 g/mol. The second kappa shape index (κ2) is 36.7. The van der Waals surface area contributed by atoms with Crippen molar-refractivity contribution in [3.63, 3.8) is 0 Å². The Bertz CT molecular complexity index is 2870. The molecule has 21 heterocycles. The molecule has 21 aliphatic heterocycles. The van der Waals surface area contributed by atoms with Crippen molar-refractivity contribution in [1.29, 1.82) is 0 Å². The molecule has 21 fully saturated rings. The molecule has 0 aliphatic carbocycles. The quantitative estimate of drug-likeness (QED) is 0.0931. The van der Waals surface area contributed by atoms with Gasteiger partial charge in [0, 0.05) is 0 Å². The SMILES string of the molecule is CCC1OC2OC3C(CO[Si](C)(C)C(C)(C)C)OC(OC4C(CO[Si](C)(C)C(C)(C)C)OC(OC5C(CO[Si](C)(C)C(C)(C)C)OC(OC6C(CC)OC(OC7C(CO[Si](C)(C)C(C)(C)C)OC(OC8C(CO[Si](C)(C)C(C)(C)C)OC(OC1C(O)C2O)C(O)C8O)C(O)C7O)C(O)C6O)C(O)C5O)C(O)C4O)C(O)C3O. The number of aliphatic hydroxyl groups is 14.